The summed E-state index contributed by atoms with van der Waals surface area (Å²) in [6, 6.07) is -0.766. The van der Waals surface area contributed by atoms with E-state index in [1.807, 2.05) is 0 Å². The summed E-state index contributed by atoms with van der Waals surface area (Å²) in [5, 5.41) is 2.48. The number of hydrogen-bond donors (Lipinski definition) is 1. The molecule has 0 aliphatic heterocycles. The van der Waals surface area contributed by atoms with E-state index in [1.54, 1.807) is 6.92 Å². The molecule has 1 unspecified atom stereocenters. The van der Waals surface area contributed by atoms with Crippen LogP contribution in [-0.2, 0) is 25.1 Å². The van der Waals surface area contributed by atoms with Crippen LogP contribution >= 0.6 is 0 Å². The lowest BCUT2D eigenvalue weighted by molar-refractivity contribution is -0.144. The van der Waals surface area contributed by atoms with Gasteiger partial charge in [-0.1, -0.05) is 6.58 Å². The maximum atomic E-state index is 11.3. The topological polar surface area (TPSA) is 72.5 Å². The van der Waals surface area contributed by atoms with Gasteiger partial charge in [0.2, 0.25) is 5.91 Å². The molecule has 16 heavy (non-hydrogen) atoms. The molecule has 0 saturated heterocycles. The zero-order chi connectivity index (χ0) is 12.7. The molecule has 0 rings (SSSR count). The Kier molecular flexibility index (Phi) is 6.64. The van der Waals surface area contributed by atoms with Gasteiger partial charge in [0.05, 0.1) is 7.11 Å². The number of esters is 1. The van der Waals surface area contributed by atoms with E-state index in [2.05, 4.69) is 16.6 Å². The van der Waals surface area contributed by atoms with Crippen LogP contribution in [0.3, 0.4) is 0 Å². The van der Waals surface area contributed by atoms with Crippen LogP contribution in [0.5, 0.6) is 0 Å². The Balaban J connectivity index is 4.43. The summed E-state index contributed by atoms with van der Waals surface area (Å²) in [6.07, 6.45) is 1.82. The number of carbonyl (C=O) groups excluding carboxylic acids is 2. The van der Waals surface area contributed by atoms with E-state index in [9.17, 15) is 13.8 Å². The van der Waals surface area contributed by atoms with Crippen molar-refractivity contribution < 1.29 is 18.5 Å². The second-order valence-electron chi connectivity index (χ2n) is 3.40. The Hall–Kier alpha value is -1.17. The minimum absolute atomic E-state index is 0.287. The highest BCUT2D eigenvalue weighted by Crippen LogP contribution is 1.99. The van der Waals surface area contributed by atoms with Crippen molar-refractivity contribution in [3.8, 4) is 0 Å². The molecule has 2 atom stereocenters. The van der Waals surface area contributed by atoms with Crippen LogP contribution in [0.2, 0.25) is 0 Å². The highest BCUT2D eigenvalue weighted by Gasteiger charge is 2.21. The van der Waals surface area contributed by atoms with Crippen molar-refractivity contribution in [3.63, 3.8) is 0 Å². The summed E-state index contributed by atoms with van der Waals surface area (Å²) in [4.78, 5) is 22.6. The maximum Gasteiger partial charge on any atom is 0.328 e. The Morgan fingerprint density at radius 3 is 2.44 bits per heavy atom. The monoisotopic (exact) mass is 247 g/mol. The molecule has 0 aliphatic rings. The molecule has 0 radical (unpaired) electrons. The highest BCUT2D eigenvalue weighted by atomic mass is 32.2. The van der Waals surface area contributed by atoms with E-state index >= 15 is 0 Å². The summed E-state index contributed by atoms with van der Waals surface area (Å²) in [7, 11) is 0.230. The number of ether oxygens (including phenoxy) is 1. The molecule has 5 nitrogen and oxygen atoms in total. The van der Waals surface area contributed by atoms with Crippen LogP contribution in [0.1, 0.15) is 13.3 Å². The molecule has 0 aromatic heterocycles. The van der Waals surface area contributed by atoms with Crippen LogP contribution in [0.4, 0.5) is 0 Å². The molecule has 0 aliphatic carbocycles. The van der Waals surface area contributed by atoms with Crippen LogP contribution in [0.25, 0.3) is 0 Å². The van der Waals surface area contributed by atoms with Gasteiger partial charge < -0.3 is 10.1 Å². The molecule has 0 heterocycles. The van der Waals surface area contributed by atoms with Crippen molar-refractivity contribution in [2.24, 2.45) is 0 Å². The van der Waals surface area contributed by atoms with Crippen molar-refractivity contribution in [1.29, 1.82) is 0 Å². The fourth-order valence-electron chi connectivity index (χ4n) is 0.956. The van der Waals surface area contributed by atoms with Gasteiger partial charge in [-0.15, -0.1) is 0 Å². The summed E-state index contributed by atoms with van der Waals surface area (Å²) >= 11 is 0. The van der Waals surface area contributed by atoms with E-state index in [1.165, 1.54) is 13.4 Å². The van der Waals surface area contributed by atoms with Gasteiger partial charge in [0.25, 0.3) is 0 Å². The van der Waals surface area contributed by atoms with E-state index in [-0.39, 0.29) is 6.42 Å². The predicted octanol–water partition coefficient (Wildman–Crippen LogP) is -0.0111. The minimum atomic E-state index is -1.01. The number of methoxy groups -OCH3 is 1. The molecule has 0 saturated carbocycles. The second-order valence-corrected chi connectivity index (χ2v) is 4.95. The molecule has 0 bridgehead atoms. The lowest BCUT2D eigenvalue weighted by atomic mass is 10.2. The van der Waals surface area contributed by atoms with E-state index in [4.69, 9.17) is 0 Å². The minimum Gasteiger partial charge on any atom is -0.467 e. The molecular formula is C10H17NO4S. The van der Waals surface area contributed by atoms with Crippen molar-refractivity contribution in [2.75, 3.05) is 19.1 Å². The smallest absolute Gasteiger partial charge is 0.328 e. The normalized spacial score (nSPS) is 13.7. The van der Waals surface area contributed by atoms with Gasteiger partial charge in [0.15, 0.2) is 0 Å². The molecule has 0 aromatic rings. The standard InChI is InChI=1S/C10H17NO4S/c1-7(2)9(12)11-8(10(13)15-3)5-6-16(4)14/h8H,1,5-6H2,2-4H3,(H,11,12)/t8-,16?/m0/s1. The van der Waals surface area contributed by atoms with Crippen LogP contribution in [0.15, 0.2) is 12.2 Å². The fourth-order valence-corrected chi connectivity index (χ4v) is 1.52. The van der Waals surface area contributed by atoms with E-state index < -0.39 is 28.7 Å². The second kappa shape index (κ2) is 7.16. The molecule has 0 spiro atoms. The first-order valence-corrected chi connectivity index (χ1v) is 6.45. The molecule has 1 amide bonds. The van der Waals surface area contributed by atoms with Crippen molar-refractivity contribution in [2.45, 2.75) is 19.4 Å². The molecular weight excluding hydrogens is 230 g/mol. The lowest BCUT2D eigenvalue weighted by Gasteiger charge is -2.15. The average molecular weight is 247 g/mol. The number of carbonyl (C=O) groups is 2. The van der Waals surface area contributed by atoms with Gasteiger partial charge in [0.1, 0.15) is 6.04 Å². The van der Waals surface area contributed by atoms with Gasteiger partial charge in [-0.2, -0.15) is 0 Å². The zero-order valence-corrected chi connectivity index (χ0v) is 10.6. The van der Waals surface area contributed by atoms with Crippen molar-refractivity contribution in [1.82, 2.24) is 5.32 Å². The van der Waals surface area contributed by atoms with Crippen LogP contribution in [-0.4, -0.2) is 41.2 Å². The number of nitrogens with one attached hydrogen (secondary N) is 1. The number of rotatable bonds is 6. The first-order valence-electron chi connectivity index (χ1n) is 4.72. The van der Waals surface area contributed by atoms with Gasteiger partial charge in [0, 0.05) is 28.4 Å². The third-order valence-corrected chi connectivity index (χ3v) is 2.68. The molecule has 1 N–H and O–H groups in total. The number of amides is 1. The molecule has 0 aromatic carbocycles. The summed E-state index contributed by atoms with van der Waals surface area (Å²) in [5.41, 5.74) is 0.312. The van der Waals surface area contributed by atoms with Crippen molar-refractivity contribution in [3.05, 3.63) is 12.2 Å². The fraction of sp³-hybridized carbons (Fsp3) is 0.600. The Morgan fingerprint density at radius 1 is 1.50 bits per heavy atom. The molecule has 6 heteroatoms. The summed E-state index contributed by atoms with van der Waals surface area (Å²) in [6.45, 7) is 5.01. The van der Waals surface area contributed by atoms with E-state index in [0.29, 0.717) is 11.3 Å². The molecule has 92 valence electrons. The van der Waals surface area contributed by atoms with E-state index in [0.717, 1.165) is 0 Å². The van der Waals surface area contributed by atoms with Gasteiger partial charge >= 0.3 is 5.97 Å². The molecule has 0 fully saturated rings. The maximum absolute atomic E-state index is 11.3. The van der Waals surface area contributed by atoms with Gasteiger partial charge in [-0.3, -0.25) is 9.00 Å². The Morgan fingerprint density at radius 2 is 2.06 bits per heavy atom. The van der Waals surface area contributed by atoms with Crippen LogP contribution < -0.4 is 5.32 Å². The SMILES string of the molecule is C=C(C)C(=O)N[C@@H](CCS(C)=O)C(=O)OC. The first-order chi connectivity index (χ1) is 7.38. The van der Waals surface area contributed by atoms with Crippen LogP contribution in [0, 0.1) is 0 Å². The number of hydrogen-bond acceptors (Lipinski definition) is 4. The zero-order valence-electron chi connectivity index (χ0n) is 9.74. The summed E-state index contributed by atoms with van der Waals surface area (Å²) in [5.74, 6) is -0.617. The average Bonchev–Trinajstić information content (AvgIpc) is 2.22. The van der Waals surface area contributed by atoms with Crippen molar-refractivity contribution >= 4 is 22.7 Å². The van der Waals surface area contributed by atoms with Gasteiger partial charge in [-0.05, 0) is 13.3 Å². The Bertz CT molecular complexity index is 314. The predicted molar refractivity (Wildman–Crippen MR) is 62.3 cm³/mol. The summed E-state index contributed by atoms with van der Waals surface area (Å²) < 4.78 is 15.5. The lowest BCUT2D eigenvalue weighted by Crippen LogP contribution is -2.42. The third-order valence-electron chi connectivity index (χ3n) is 1.87. The quantitative estimate of drug-likeness (QED) is 0.529. The van der Waals surface area contributed by atoms with Gasteiger partial charge in [-0.25, -0.2) is 4.79 Å². The highest BCUT2D eigenvalue weighted by molar-refractivity contribution is 7.84. The third kappa shape index (κ3) is 5.65. The largest absolute Gasteiger partial charge is 0.467 e. The Labute approximate surface area is 97.7 Å². The first kappa shape index (κ1) is 14.8.